The molecule has 2 aromatic heterocycles. The SMILES string of the molecule is Cc1noc2nc(C3CC3)cc(C(=O)NC(C)C(=O)NCc3ccccc3)c12. The molecule has 0 aliphatic heterocycles. The lowest BCUT2D eigenvalue weighted by atomic mass is 10.1. The summed E-state index contributed by atoms with van der Waals surface area (Å²) in [5, 5.41) is 10.2. The van der Waals surface area contributed by atoms with E-state index in [1.54, 1.807) is 19.9 Å². The second-order valence-corrected chi connectivity index (χ2v) is 7.22. The molecular weight excluding hydrogens is 356 g/mol. The van der Waals surface area contributed by atoms with Crippen LogP contribution in [0.3, 0.4) is 0 Å². The van der Waals surface area contributed by atoms with Gasteiger partial charge in [-0.1, -0.05) is 35.5 Å². The van der Waals surface area contributed by atoms with Crippen LogP contribution in [0.25, 0.3) is 11.1 Å². The van der Waals surface area contributed by atoms with Gasteiger partial charge in [0.15, 0.2) is 0 Å². The zero-order valence-corrected chi connectivity index (χ0v) is 15.9. The van der Waals surface area contributed by atoms with Crippen molar-refractivity contribution in [1.82, 2.24) is 20.8 Å². The zero-order chi connectivity index (χ0) is 19.7. The molecule has 1 aliphatic carbocycles. The molecule has 1 unspecified atom stereocenters. The molecule has 7 heteroatoms. The Morgan fingerprint density at radius 2 is 2.00 bits per heavy atom. The van der Waals surface area contributed by atoms with Gasteiger partial charge in [-0.25, -0.2) is 4.98 Å². The average Bonchev–Trinajstić information content (AvgIpc) is 3.49. The van der Waals surface area contributed by atoms with Gasteiger partial charge in [0.05, 0.1) is 16.6 Å². The van der Waals surface area contributed by atoms with Gasteiger partial charge < -0.3 is 15.2 Å². The number of aryl methyl sites for hydroxylation is 1. The second-order valence-electron chi connectivity index (χ2n) is 7.22. The largest absolute Gasteiger partial charge is 0.350 e. The third-order valence-electron chi connectivity index (χ3n) is 4.93. The summed E-state index contributed by atoms with van der Waals surface area (Å²) >= 11 is 0. The minimum atomic E-state index is -0.677. The number of nitrogens with zero attached hydrogens (tertiary/aromatic N) is 2. The fourth-order valence-corrected chi connectivity index (χ4v) is 3.16. The van der Waals surface area contributed by atoms with Crippen LogP contribution >= 0.6 is 0 Å². The van der Waals surface area contributed by atoms with E-state index in [0.717, 1.165) is 24.1 Å². The van der Waals surface area contributed by atoms with Crippen molar-refractivity contribution in [2.45, 2.75) is 45.2 Å². The fraction of sp³-hybridized carbons (Fsp3) is 0.333. The number of amides is 2. The molecule has 2 heterocycles. The predicted molar refractivity (Wildman–Crippen MR) is 104 cm³/mol. The quantitative estimate of drug-likeness (QED) is 0.687. The number of carbonyl (C=O) groups excluding carboxylic acids is 2. The Bertz CT molecular complexity index is 1020. The molecule has 144 valence electrons. The van der Waals surface area contributed by atoms with Crippen LogP contribution in [0, 0.1) is 6.92 Å². The Morgan fingerprint density at radius 3 is 2.71 bits per heavy atom. The van der Waals surface area contributed by atoms with Gasteiger partial charge in [0, 0.05) is 18.2 Å². The molecule has 1 saturated carbocycles. The summed E-state index contributed by atoms with van der Waals surface area (Å²) < 4.78 is 5.28. The molecule has 0 bridgehead atoms. The fourth-order valence-electron chi connectivity index (χ4n) is 3.16. The molecule has 1 aromatic carbocycles. The van der Waals surface area contributed by atoms with E-state index >= 15 is 0 Å². The zero-order valence-electron chi connectivity index (χ0n) is 15.9. The molecule has 28 heavy (non-hydrogen) atoms. The van der Waals surface area contributed by atoms with Gasteiger partial charge in [-0.2, -0.15) is 0 Å². The van der Waals surface area contributed by atoms with Crippen molar-refractivity contribution in [1.29, 1.82) is 0 Å². The highest BCUT2D eigenvalue weighted by Crippen LogP contribution is 2.40. The minimum Gasteiger partial charge on any atom is -0.350 e. The second kappa shape index (κ2) is 7.42. The first-order chi connectivity index (χ1) is 13.5. The third kappa shape index (κ3) is 3.74. The highest BCUT2D eigenvalue weighted by atomic mass is 16.5. The van der Waals surface area contributed by atoms with Crippen LogP contribution in [0.4, 0.5) is 0 Å². The maximum atomic E-state index is 12.9. The van der Waals surface area contributed by atoms with Crippen LogP contribution in [-0.4, -0.2) is 28.0 Å². The van der Waals surface area contributed by atoms with Crippen LogP contribution in [0.15, 0.2) is 40.9 Å². The molecule has 1 fully saturated rings. The average molecular weight is 378 g/mol. The number of hydrogen-bond acceptors (Lipinski definition) is 5. The number of carbonyl (C=O) groups is 2. The molecule has 4 rings (SSSR count). The van der Waals surface area contributed by atoms with Gasteiger partial charge >= 0.3 is 0 Å². The van der Waals surface area contributed by atoms with Gasteiger partial charge in [0.1, 0.15) is 6.04 Å². The lowest BCUT2D eigenvalue weighted by Crippen LogP contribution is -2.44. The smallest absolute Gasteiger partial charge is 0.259 e. The number of nitrogens with one attached hydrogen (secondary N) is 2. The van der Waals surface area contributed by atoms with Gasteiger partial charge in [-0.15, -0.1) is 0 Å². The topological polar surface area (TPSA) is 97.1 Å². The first-order valence-corrected chi connectivity index (χ1v) is 9.42. The number of aromatic nitrogens is 2. The summed E-state index contributed by atoms with van der Waals surface area (Å²) in [7, 11) is 0. The molecule has 2 N–H and O–H groups in total. The minimum absolute atomic E-state index is 0.244. The van der Waals surface area contributed by atoms with E-state index in [2.05, 4.69) is 20.8 Å². The van der Waals surface area contributed by atoms with E-state index in [1.807, 2.05) is 30.3 Å². The maximum Gasteiger partial charge on any atom is 0.259 e. The summed E-state index contributed by atoms with van der Waals surface area (Å²) in [4.78, 5) is 29.8. The van der Waals surface area contributed by atoms with Crippen molar-refractivity contribution in [3.8, 4) is 0 Å². The third-order valence-corrected chi connectivity index (χ3v) is 4.93. The Morgan fingerprint density at radius 1 is 1.25 bits per heavy atom. The van der Waals surface area contributed by atoms with Crippen LogP contribution in [0.5, 0.6) is 0 Å². The van der Waals surface area contributed by atoms with E-state index in [0.29, 0.717) is 34.8 Å². The molecule has 0 saturated heterocycles. The standard InChI is InChI=1S/C21H22N4O3/c1-12-18-16(10-17(15-8-9-15)24-21(18)28-25-12)20(27)23-13(2)19(26)22-11-14-6-4-3-5-7-14/h3-7,10,13,15H,8-9,11H2,1-2H3,(H,22,26)(H,23,27). The van der Waals surface area contributed by atoms with Crippen LogP contribution in [0.2, 0.25) is 0 Å². The van der Waals surface area contributed by atoms with Gasteiger partial charge in [0.2, 0.25) is 5.91 Å². The Kier molecular flexibility index (Phi) is 4.81. The Hall–Kier alpha value is -3.22. The molecular formula is C21H22N4O3. The van der Waals surface area contributed by atoms with Crippen LogP contribution < -0.4 is 10.6 Å². The summed E-state index contributed by atoms with van der Waals surface area (Å²) in [6.45, 7) is 3.85. The normalized spacial score (nSPS) is 14.6. The summed E-state index contributed by atoms with van der Waals surface area (Å²) in [5.41, 5.74) is 3.27. The van der Waals surface area contributed by atoms with E-state index in [9.17, 15) is 9.59 Å². The van der Waals surface area contributed by atoms with Gasteiger partial charge in [-0.05, 0) is 38.3 Å². The van der Waals surface area contributed by atoms with Crippen LogP contribution in [0.1, 0.15) is 53.0 Å². The van der Waals surface area contributed by atoms with Crippen molar-refractivity contribution in [2.75, 3.05) is 0 Å². The highest BCUT2D eigenvalue weighted by molar-refractivity contribution is 6.07. The van der Waals surface area contributed by atoms with Crippen molar-refractivity contribution < 1.29 is 14.1 Å². The molecule has 1 atom stereocenters. The van der Waals surface area contributed by atoms with Crippen LogP contribution in [-0.2, 0) is 11.3 Å². The van der Waals surface area contributed by atoms with E-state index in [-0.39, 0.29) is 11.8 Å². The lowest BCUT2D eigenvalue weighted by Gasteiger charge is -2.15. The highest BCUT2D eigenvalue weighted by Gasteiger charge is 2.29. The first kappa shape index (κ1) is 18.2. The molecule has 3 aromatic rings. The summed E-state index contributed by atoms with van der Waals surface area (Å²) in [6, 6.07) is 10.8. The monoisotopic (exact) mass is 378 g/mol. The molecule has 2 amide bonds. The van der Waals surface area contributed by atoms with Crippen molar-refractivity contribution in [3.63, 3.8) is 0 Å². The number of rotatable bonds is 6. The Balaban J connectivity index is 1.48. The number of benzene rings is 1. The molecule has 0 spiro atoms. The van der Waals surface area contributed by atoms with Crippen molar-refractivity contribution in [3.05, 3.63) is 58.9 Å². The lowest BCUT2D eigenvalue weighted by molar-refractivity contribution is -0.122. The van der Waals surface area contributed by atoms with E-state index < -0.39 is 6.04 Å². The number of hydrogen-bond donors (Lipinski definition) is 2. The number of fused-ring (bicyclic) bond motifs is 1. The molecule has 1 aliphatic rings. The molecule has 0 radical (unpaired) electrons. The molecule has 7 nitrogen and oxygen atoms in total. The van der Waals surface area contributed by atoms with E-state index in [1.165, 1.54) is 0 Å². The van der Waals surface area contributed by atoms with Crippen molar-refractivity contribution in [2.24, 2.45) is 0 Å². The van der Waals surface area contributed by atoms with Gasteiger partial charge in [-0.3, -0.25) is 9.59 Å². The maximum absolute atomic E-state index is 12.9. The summed E-state index contributed by atoms with van der Waals surface area (Å²) in [5.74, 6) is -0.206. The summed E-state index contributed by atoms with van der Waals surface area (Å²) in [6.07, 6.45) is 2.12. The first-order valence-electron chi connectivity index (χ1n) is 9.42. The number of pyridine rings is 1. The Labute approximate surface area is 162 Å². The predicted octanol–water partition coefficient (Wildman–Crippen LogP) is 2.84. The van der Waals surface area contributed by atoms with Crippen molar-refractivity contribution >= 4 is 22.9 Å². The van der Waals surface area contributed by atoms with Gasteiger partial charge in [0.25, 0.3) is 11.6 Å². The van der Waals surface area contributed by atoms with E-state index in [4.69, 9.17) is 4.52 Å².